The number of carbonyl (C=O) groups is 1. The van der Waals surface area contributed by atoms with Crippen molar-refractivity contribution in [3.63, 3.8) is 0 Å². The first-order valence-electron chi connectivity index (χ1n) is 6.93. The van der Waals surface area contributed by atoms with Crippen LogP contribution in [0.15, 0.2) is 48.5 Å². The van der Waals surface area contributed by atoms with E-state index in [2.05, 4.69) is 15.9 Å². The van der Waals surface area contributed by atoms with Gasteiger partial charge in [-0.25, -0.2) is 9.36 Å². The maximum absolute atomic E-state index is 12.7. The highest BCUT2D eigenvalue weighted by atomic mass is 79.9. The first-order valence-corrected chi connectivity index (χ1v) is 8.05. The van der Waals surface area contributed by atoms with Crippen molar-refractivity contribution in [2.24, 2.45) is 0 Å². The largest absolute Gasteiger partial charge is 0.464 e. The second kappa shape index (κ2) is 5.98. The summed E-state index contributed by atoms with van der Waals surface area (Å²) < 4.78 is 39.2. The van der Waals surface area contributed by atoms with Gasteiger partial charge in [0.2, 0.25) is 0 Å². The first kappa shape index (κ1) is 16.6. The van der Waals surface area contributed by atoms with Crippen molar-refractivity contribution in [2.75, 3.05) is 0 Å². The van der Waals surface area contributed by atoms with E-state index in [1.54, 1.807) is 18.2 Å². The molecular formula is C17H11BrF3NO2. The van der Waals surface area contributed by atoms with Crippen molar-refractivity contribution in [2.45, 2.75) is 11.5 Å². The highest BCUT2D eigenvalue weighted by Crippen LogP contribution is 2.34. The Hall–Kier alpha value is -2.28. The van der Waals surface area contributed by atoms with E-state index >= 15 is 0 Å². The third kappa shape index (κ3) is 2.80. The van der Waals surface area contributed by atoms with E-state index in [1.807, 2.05) is 6.07 Å². The zero-order chi connectivity index (χ0) is 17.5. The molecule has 3 nitrogen and oxygen atoms in total. The van der Waals surface area contributed by atoms with E-state index in [4.69, 9.17) is 0 Å². The van der Waals surface area contributed by atoms with Crippen LogP contribution in [-0.4, -0.2) is 15.8 Å². The van der Waals surface area contributed by atoms with Crippen LogP contribution in [0.4, 0.5) is 18.0 Å². The van der Waals surface area contributed by atoms with Crippen molar-refractivity contribution in [1.82, 2.24) is 4.57 Å². The number of aromatic nitrogens is 1. The number of hydrogen-bond donors (Lipinski definition) is 1. The number of alkyl halides is 4. The molecule has 24 heavy (non-hydrogen) atoms. The third-order valence-corrected chi connectivity index (χ3v) is 4.38. The van der Waals surface area contributed by atoms with Crippen LogP contribution >= 0.6 is 15.9 Å². The second-order valence-electron chi connectivity index (χ2n) is 5.21. The van der Waals surface area contributed by atoms with Gasteiger partial charge >= 0.3 is 12.3 Å². The van der Waals surface area contributed by atoms with E-state index in [0.29, 0.717) is 22.1 Å². The molecule has 0 bridgehead atoms. The molecule has 2 aromatic carbocycles. The Morgan fingerprint density at radius 1 is 1.12 bits per heavy atom. The van der Waals surface area contributed by atoms with Gasteiger partial charge in [0.1, 0.15) is 0 Å². The Morgan fingerprint density at radius 3 is 2.33 bits per heavy atom. The average molecular weight is 398 g/mol. The van der Waals surface area contributed by atoms with Gasteiger partial charge in [-0.1, -0.05) is 40.2 Å². The van der Waals surface area contributed by atoms with Crippen LogP contribution in [0.5, 0.6) is 0 Å². The SMILES string of the molecule is O=C(O)n1c(-c2ccc(C(F)(F)F)cc2)cc2c(CBr)cccc21. The maximum atomic E-state index is 12.7. The number of hydrogen-bond acceptors (Lipinski definition) is 1. The Morgan fingerprint density at radius 2 is 1.79 bits per heavy atom. The van der Waals surface area contributed by atoms with Crippen LogP contribution in [0, 0.1) is 0 Å². The molecule has 0 saturated heterocycles. The lowest BCUT2D eigenvalue weighted by Gasteiger charge is -2.09. The van der Waals surface area contributed by atoms with Gasteiger partial charge in [0, 0.05) is 10.7 Å². The molecule has 1 N–H and O–H groups in total. The highest BCUT2D eigenvalue weighted by molar-refractivity contribution is 9.08. The molecule has 0 aliphatic heterocycles. The minimum absolute atomic E-state index is 0.333. The zero-order valence-corrected chi connectivity index (χ0v) is 13.7. The monoisotopic (exact) mass is 397 g/mol. The van der Waals surface area contributed by atoms with Crippen molar-refractivity contribution in [3.8, 4) is 11.3 Å². The molecule has 0 amide bonds. The average Bonchev–Trinajstić information content (AvgIpc) is 2.93. The molecule has 0 aliphatic carbocycles. The van der Waals surface area contributed by atoms with Crippen LogP contribution in [0.2, 0.25) is 0 Å². The molecular weight excluding hydrogens is 387 g/mol. The molecule has 0 fully saturated rings. The summed E-state index contributed by atoms with van der Waals surface area (Å²) in [5.74, 6) is 0. The summed E-state index contributed by atoms with van der Waals surface area (Å²) in [7, 11) is 0. The predicted octanol–water partition coefficient (Wildman–Crippen LogP) is 5.75. The molecule has 0 atom stereocenters. The van der Waals surface area contributed by atoms with E-state index in [9.17, 15) is 23.1 Å². The number of nitrogens with zero attached hydrogens (tertiary/aromatic N) is 1. The molecule has 0 radical (unpaired) electrons. The van der Waals surface area contributed by atoms with Crippen LogP contribution in [0.3, 0.4) is 0 Å². The molecule has 7 heteroatoms. The minimum Gasteiger partial charge on any atom is -0.464 e. The summed E-state index contributed by atoms with van der Waals surface area (Å²) in [5, 5.41) is 10.8. The number of carboxylic acid groups (broad SMARTS) is 1. The first-order chi connectivity index (χ1) is 11.3. The van der Waals surface area contributed by atoms with Gasteiger partial charge in [-0.3, -0.25) is 0 Å². The Balaban J connectivity index is 2.22. The van der Waals surface area contributed by atoms with Crippen molar-refractivity contribution in [1.29, 1.82) is 0 Å². The summed E-state index contributed by atoms with van der Waals surface area (Å²) in [6.07, 6.45) is -5.62. The van der Waals surface area contributed by atoms with Crippen LogP contribution in [0.1, 0.15) is 11.1 Å². The van der Waals surface area contributed by atoms with Gasteiger partial charge in [-0.05, 0) is 35.4 Å². The van der Waals surface area contributed by atoms with Gasteiger partial charge in [0.15, 0.2) is 0 Å². The number of benzene rings is 2. The zero-order valence-electron chi connectivity index (χ0n) is 12.1. The molecule has 0 saturated carbocycles. The van der Waals surface area contributed by atoms with Gasteiger partial charge in [-0.2, -0.15) is 13.2 Å². The summed E-state index contributed by atoms with van der Waals surface area (Å²) in [4.78, 5) is 11.7. The molecule has 1 aromatic heterocycles. The lowest BCUT2D eigenvalue weighted by atomic mass is 10.1. The van der Waals surface area contributed by atoms with E-state index in [0.717, 1.165) is 27.6 Å². The fourth-order valence-electron chi connectivity index (χ4n) is 2.66. The van der Waals surface area contributed by atoms with Gasteiger partial charge in [-0.15, -0.1) is 0 Å². The Labute approximate surface area is 143 Å². The third-order valence-electron chi connectivity index (χ3n) is 3.78. The molecule has 0 unspecified atom stereocenters. The van der Waals surface area contributed by atoms with Gasteiger partial charge in [0.25, 0.3) is 0 Å². The van der Waals surface area contributed by atoms with Gasteiger partial charge in [0.05, 0.1) is 16.8 Å². The van der Waals surface area contributed by atoms with Crippen molar-refractivity contribution in [3.05, 3.63) is 59.7 Å². The summed E-state index contributed by atoms with van der Waals surface area (Å²) in [6, 6.07) is 11.4. The predicted molar refractivity (Wildman–Crippen MR) is 88.4 cm³/mol. The van der Waals surface area contributed by atoms with E-state index in [1.165, 1.54) is 12.1 Å². The topological polar surface area (TPSA) is 42.2 Å². The van der Waals surface area contributed by atoms with Crippen molar-refractivity contribution < 1.29 is 23.1 Å². The Bertz CT molecular complexity index is 914. The second-order valence-corrected chi connectivity index (χ2v) is 5.77. The number of rotatable bonds is 2. The standard InChI is InChI=1S/C17H11BrF3NO2/c18-9-11-2-1-3-14-13(11)8-15(22(14)16(23)24)10-4-6-12(7-5-10)17(19,20)21/h1-8H,9H2,(H,23,24). The van der Waals surface area contributed by atoms with Crippen LogP contribution in [0.25, 0.3) is 22.2 Å². The molecule has 0 aliphatic rings. The molecule has 3 rings (SSSR count). The summed E-state index contributed by atoms with van der Waals surface area (Å²) in [6.45, 7) is 0. The smallest absolute Gasteiger partial charge is 0.416 e. The molecule has 3 aromatic rings. The normalized spacial score (nSPS) is 11.8. The van der Waals surface area contributed by atoms with Crippen LogP contribution < -0.4 is 0 Å². The molecule has 1 heterocycles. The number of fused-ring (bicyclic) bond motifs is 1. The minimum atomic E-state index is -4.43. The lowest BCUT2D eigenvalue weighted by Crippen LogP contribution is -2.09. The number of halogens is 4. The van der Waals surface area contributed by atoms with Gasteiger partial charge < -0.3 is 5.11 Å². The highest BCUT2D eigenvalue weighted by Gasteiger charge is 2.30. The van der Waals surface area contributed by atoms with Crippen LogP contribution in [-0.2, 0) is 11.5 Å². The van der Waals surface area contributed by atoms with E-state index < -0.39 is 17.8 Å². The lowest BCUT2D eigenvalue weighted by molar-refractivity contribution is -0.137. The van der Waals surface area contributed by atoms with E-state index in [-0.39, 0.29) is 0 Å². The maximum Gasteiger partial charge on any atom is 0.416 e. The molecule has 124 valence electrons. The Kier molecular flexibility index (Phi) is 4.13. The fraction of sp³-hybridized carbons (Fsp3) is 0.118. The van der Waals surface area contributed by atoms with Crippen molar-refractivity contribution >= 4 is 32.9 Å². The summed E-state index contributed by atoms with van der Waals surface area (Å²) in [5.41, 5.74) is 1.36. The fourth-order valence-corrected chi connectivity index (χ4v) is 3.15. The summed E-state index contributed by atoms with van der Waals surface area (Å²) >= 11 is 3.36. The molecule has 0 spiro atoms. The quantitative estimate of drug-likeness (QED) is 0.559.